The molecular formula is C13H15F2N5O2S. The van der Waals surface area contributed by atoms with Crippen LogP contribution in [0.5, 0.6) is 0 Å². The molecule has 23 heavy (non-hydrogen) atoms. The largest absolute Gasteiger partial charge is 0.244 e. The van der Waals surface area contributed by atoms with Gasteiger partial charge in [-0.05, 0) is 41.5 Å². The fourth-order valence-corrected chi connectivity index (χ4v) is 3.75. The van der Waals surface area contributed by atoms with Crippen molar-refractivity contribution in [2.75, 3.05) is 0 Å². The van der Waals surface area contributed by atoms with E-state index in [9.17, 15) is 17.2 Å². The van der Waals surface area contributed by atoms with E-state index in [0.29, 0.717) is 11.9 Å². The Bertz CT molecular complexity index is 802. The first kappa shape index (κ1) is 15.9. The average molecular weight is 343 g/mol. The molecule has 0 aliphatic heterocycles. The van der Waals surface area contributed by atoms with Crippen LogP contribution in [0, 0.1) is 11.6 Å². The Morgan fingerprint density at radius 1 is 1.26 bits per heavy atom. The van der Waals surface area contributed by atoms with Crippen LogP contribution in [0.1, 0.15) is 37.5 Å². The minimum Gasteiger partial charge on any atom is -0.225 e. The molecule has 7 nitrogen and oxygen atoms in total. The monoisotopic (exact) mass is 343 g/mol. The van der Waals surface area contributed by atoms with Crippen molar-refractivity contribution in [2.24, 2.45) is 0 Å². The first-order valence-electron chi connectivity index (χ1n) is 7.19. The maximum Gasteiger partial charge on any atom is 0.244 e. The lowest BCUT2D eigenvalue weighted by atomic mass is 10.2. The number of halogens is 2. The van der Waals surface area contributed by atoms with Crippen molar-refractivity contribution in [1.29, 1.82) is 0 Å². The SMILES string of the molecule is O=S(=O)(NCc1nnnn1C1CCCC1)c1cc(F)ccc1F. The molecule has 0 spiro atoms. The van der Waals surface area contributed by atoms with Crippen LogP contribution >= 0.6 is 0 Å². The number of hydrogen-bond acceptors (Lipinski definition) is 5. The smallest absolute Gasteiger partial charge is 0.225 e. The van der Waals surface area contributed by atoms with Gasteiger partial charge in [0.15, 0.2) is 5.82 Å². The van der Waals surface area contributed by atoms with Gasteiger partial charge in [0, 0.05) is 0 Å². The van der Waals surface area contributed by atoms with Crippen LogP contribution in [0.15, 0.2) is 23.1 Å². The molecule has 0 unspecified atom stereocenters. The maximum absolute atomic E-state index is 13.6. The number of sulfonamides is 1. The Kier molecular flexibility index (Phi) is 4.35. The zero-order valence-corrected chi connectivity index (χ0v) is 12.9. The molecule has 0 amide bonds. The molecule has 1 aromatic heterocycles. The zero-order valence-electron chi connectivity index (χ0n) is 12.1. The van der Waals surface area contributed by atoms with Gasteiger partial charge < -0.3 is 0 Å². The van der Waals surface area contributed by atoms with E-state index >= 15 is 0 Å². The fourth-order valence-electron chi connectivity index (χ4n) is 2.68. The molecule has 0 saturated heterocycles. The second-order valence-corrected chi connectivity index (χ2v) is 7.11. The Morgan fingerprint density at radius 2 is 2.00 bits per heavy atom. The van der Waals surface area contributed by atoms with Crippen LogP contribution in [0.4, 0.5) is 8.78 Å². The Balaban J connectivity index is 1.77. The van der Waals surface area contributed by atoms with Gasteiger partial charge in [0.25, 0.3) is 0 Å². The van der Waals surface area contributed by atoms with Gasteiger partial charge in [-0.3, -0.25) is 0 Å². The summed E-state index contributed by atoms with van der Waals surface area (Å²) in [6, 6.07) is 2.41. The van der Waals surface area contributed by atoms with Crippen molar-refractivity contribution < 1.29 is 17.2 Å². The molecule has 1 aliphatic rings. The Hall–Kier alpha value is -1.94. The van der Waals surface area contributed by atoms with Crippen molar-refractivity contribution in [3.8, 4) is 0 Å². The molecule has 124 valence electrons. The summed E-state index contributed by atoms with van der Waals surface area (Å²) < 4.78 is 54.9. The van der Waals surface area contributed by atoms with E-state index in [0.717, 1.165) is 37.8 Å². The van der Waals surface area contributed by atoms with Crippen LogP contribution in [-0.2, 0) is 16.6 Å². The summed E-state index contributed by atoms with van der Waals surface area (Å²) in [6.45, 7) is -0.193. The quantitative estimate of drug-likeness (QED) is 0.889. The molecule has 1 heterocycles. The van der Waals surface area contributed by atoms with Crippen molar-refractivity contribution >= 4 is 10.0 Å². The lowest BCUT2D eigenvalue weighted by Gasteiger charge is -2.12. The summed E-state index contributed by atoms with van der Waals surface area (Å²) in [5.74, 6) is -1.51. The minimum atomic E-state index is -4.20. The summed E-state index contributed by atoms with van der Waals surface area (Å²) in [5, 5.41) is 11.3. The van der Waals surface area contributed by atoms with Crippen LogP contribution in [0.3, 0.4) is 0 Å². The average Bonchev–Trinajstić information content (AvgIpc) is 3.17. The normalized spacial score (nSPS) is 16.1. The van der Waals surface area contributed by atoms with E-state index in [1.165, 1.54) is 0 Å². The van der Waals surface area contributed by atoms with Gasteiger partial charge in [-0.2, -0.15) is 0 Å². The fraction of sp³-hybridized carbons (Fsp3) is 0.462. The first-order valence-corrected chi connectivity index (χ1v) is 8.67. The van der Waals surface area contributed by atoms with E-state index in [4.69, 9.17) is 0 Å². The molecule has 0 radical (unpaired) electrons. The number of nitrogens with one attached hydrogen (secondary N) is 1. The zero-order chi connectivity index (χ0) is 16.4. The van der Waals surface area contributed by atoms with Crippen molar-refractivity contribution in [3.05, 3.63) is 35.7 Å². The highest BCUT2D eigenvalue weighted by molar-refractivity contribution is 7.89. The van der Waals surface area contributed by atoms with Gasteiger partial charge in [0.1, 0.15) is 16.5 Å². The van der Waals surface area contributed by atoms with Crippen molar-refractivity contribution in [1.82, 2.24) is 24.9 Å². The predicted molar refractivity (Wildman–Crippen MR) is 75.7 cm³/mol. The molecule has 10 heteroatoms. The van der Waals surface area contributed by atoms with Gasteiger partial charge >= 0.3 is 0 Å². The number of nitrogens with zero attached hydrogens (tertiary/aromatic N) is 4. The molecule has 0 atom stereocenters. The highest BCUT2D eigenvalue weighted by Gasteiger charge is 2.24. The highest BCUT2D eigenvalue weighted by Crippen LogP contribution is 2.29. The van der Waals surface area contributed by atoms with E-state index in [1.54, 1.807) is 4.68 Å². The topological polar surface area (TPSA) is 89.8 Å². The van der Waals surface area contributed by atoms with E-state index < -0.39 is 26.6 Å². The van der Waals surface area contributed by atoms with Crippen LogP contribution in [0.2, 0.25) is 0 Å². The molecule has 2 aromatic rings. The highest BCUT2D eigenvalue weighted by atomic mass is 32.2. The number of hydrogen-bond donors (Lipinski definition) is 1. The second kappa shape index (κ2) is 6.28. The second-order valence-electron chi connectivity index (χ2n) is 5.38. The molecule has 1 aromatic carbocycles. The standard InChI is InChI=1S/C13H15F2N5O2S/c14-9-5-6-11(15)12(7-9)23(21,22)16-8-13-17-18-19-20(13)10-3-1-2-4-10/h5-7,10,16H,1-4,8H2. The third-order valence-corrected chi connectivity index (χ3v) is 5.25. The van der Waals surface area contributed by atoms with E-state index in [-0.39, 0.29) is 12.6 Å². The first-order chi connectivity index (χ1) is 11.0. The van der Waals surface area contributed by atoms with Gasteiger partial charge in [-0.15, -0.1) is 5.10 Å². The third-order valence-electron chi connectivity index (χ3n) is 3.83. The number of benzene rings is 1. The van der Waals surface area contributed by atoms with E-state index in [1.807, 2.05) is 0 Å². The maximum atomic E-state index is 13.6. The molecule has 1 saturated carbocycles. The summed E-state index contributed by atoms with van der Waals surface area (Å²) in [4.78, 5) is -0.739. The van der Waals surface area contributed by atoms with Gasteiger partial charge in [-0.25, -0.2) is 26.6 Å². The van der Waals surface area contributed by atoms with E-state index in [2.05, 4.69) is 20.2 Å². The molecular weight excluding hydrogens is 328 g/mol. The number of aromatic nitrogens is 4. The van der Waals surface area contributed by atoms with Crippen LogP contribution in [0.25, 0.3) is 0 Å². The molecule has 1 N–H and O–H groups in total. The minimum absolute atomic E-state index is 0.149. The predicted octanol–water partition coefficient (Wildman–Crippen LogP) is 1.54. The summed E-state index contributed by atoms with van der Waals surface area (Å²) >= 11 is 0. The van der Waals surface area contributed by atoms with Gasteiger partial charge in [-0.1, -0.05) is 12.8 Å². The Labute approximate surface area is 131 Å². The number of tetrazole rings is 1. The molecule has 0 bridgehead atoms. The molecule has 3 rings (SSSR count). The number of rotatable bonds is 5. The third kappa shape index (κ3) is 3.37. The lowest BCUT2D eigenvalue weighted by molar-refractivity contribution is 0.435. The lowest BCUT2D eigenvalue weighted by Crippen LogP contribution is -2.26. The summed E-state index contributed by atoms with van der Waals surface area (Å²) in [6.07, 6.45) is 4.01. The molecule has 1 aliphatic carbocycles. The van der Waals surface area contributed by atoms with Crippen LogP contribution in [-0.4, -0.2) is 28.6 Å². The van der Waals surface area contributed by atoms with Crippen molar-refractivity contribution in [3.63, 3.8) is 0 Å². The van der Waals surface area contributed by atoms with Gasteiger partial charge in [0.05, 0.1) is 12.6 Å². The van der Waals surface area contributed by atoms with Crippen LogP contribution < -0.4 is 4.72 Å². The summed E-state index contributed by atoms with van der Waals surface area (Å²) in [7, 11) is -4.20. The van der Waals surface area contributed by atoms with Gasteiger partial charge in [0.2, 0.25) is 10.0 Å². The van der Waals surface area contributed by atoms with Crippen molar-refractivity contribution in [2.45, 2.75) is 43.2 Å². The Morgan fingerprint density at radius 3 is 2.74 bits per heavy atom. The molecule has 1 fully saturated rings. The summed E-state index contributed by atoms with van der Waals surface area (Å²) in [5.41, 5.74) is 0.